The molecular weight excluding hydrogens is 383 g/mol. The third-order valence-corrected chi connectivity index (χ3v) is 4.14. The molecule has 0 unspecified atom stereocenters. The Kier molecular flexibility index (Phi) is 4.86. The maximum Gasteiger partial charge on any atom is 0.231 e. The molecule has 0 aliphatic rings. The number of rotatable bonds is 5. The van der Waals surface area contributed by atoms with E-state index in [9.17, 15) is 4.39 Å². The number of anilines is 4. The molecule has 0 fully saturated rings. The SMILES string of the molecule is COc1ccc(Nc2nc(Nc3ccc(F)cc3)c3nccnc3n2)cc1Cl. The summed E-state index contributed by atoms with van der Waals surface area (Å²) in [6.07, 6.45) is 3.10. The highest BCUT2D eigenvalue weighted by Crippen LogP contribution is 2.29. The number of benzene rings is 2. The summed E-state index contributed by atoms with van der Waals surface area (Å²) in [7, 11) is 1.55. The van der Waals surface area contributed by atoms with E-state index in [1.807, 2.05) is 0 Å². The molecule has 0 spiro atoms. The van der Waals surface area contributed by atoms with Gasteiger partial charge in [0.1, 0.15) is 11.6 Å². The number of halogens is 2. The molecule has 0 aliphatic carbocycles. The van der Waals surface area contributed by atoms with Crippen molar-refractivity contribution in [1.82, 2.24) is 19.9 Å². The number of methoxy groups -OCH3 is 1. The second kappa shape index (κ2) is 7.61. The lowest BCUT2D eigenvalue weighted by Gasteiger charge is -2.11. The van der Waals surface area contributed by atoms with Crippen molar-refractivity contribution in [3.63, 3.8) is 0 Å². The number of hydrogen-bond acceptors (Lipinski definition) is 7. The number of fused-ring (bicyclic) bond motifs is 1. The van der Waals surface area contributed by atoms with Gasteiger partial charge in [0.05, 0.1) is 12.1 Å². The first-order valence-electron chi connectivity index (χ1n) is 8.24. The highest BCUT2D eigenvalue weighted by atomic mass is 35.5. The van der Waals surface area contributed by atoms with E-state index in [2.05, 4.69) is 30.6 Å². The molecule has 0 saturated heterocycles. The van der Waals surface area contributed by atoms with E-state index in [0.717, 1.165) is 0 Å². The minimum atomic E-state index is -0.323. The molecule has 0 atom stereocenters. The first-order valence-corrected chi connectivity index (χ1v) is 8.62. The first-order chi connectivity index (χ1) is 13.6. The van der Waals surface area contributed by atoms with Crippen molar-refractivity contribution in [2.24, 2.45) is 0 Å². The maximum atomic E-state index is 13.2. The second-order valence-electron chi connectivity index (χ2n) is 5.73. The molecule has 7 nitrogen and oxygen atoms in total. The van der Waals surface area contributed by atoms with Crippen LogP contribution < -0.4 is 15.4 Å². The van der Waals surface area contributed by atoms with E-state index in [4.69, 9.17) is 16.3 Å². The molecule has 4 aromatic rings. The minimum absolute atomic E-state index is 0.304. The largest absolute Gasteiger partial charge is 0.495 e. The van der Waals surface area contributed by atoms with Crippen LogP contribution in [0.5, 0.6) is 5.75 Å². The first kappa shape index (κ1) is 17.9. The molecule has 2 aromatic heterocycles. The molecule has 2 aromatic carbocycles. The fraction of sp³-hybridized carbons (Fsp3) is 0.0526. The van der Waals surface area contributed by atoms with E-state index in [0.29, 0.717) is 45.1 Å². The van der Waals surface area contributed by atoms with Crippen molar-refractivity contribution in [1.29, 1.82) is 0 Å². The Morgan fingerprint density at radius 3 is 2.43 bits per heavy atom. The number of nitrogens with zero attached hydrogens (tertiary/aromatic N) is 4. The van der Waals surface area contributed by atoms with Crippen LogP contribution in [-0.2, 0) is 0 Å². The monoisotopic (exact) mass is 396 g/mol. The minimum Gasteiger partial charge on any atom is -0.495 e. The summed E-state index contributed by atoms with van der Waals surface area (Å²) in [5.74, 6) is 0.985. The van der Waals surface area contributed by atoms with Gasteiger partial charge < -0.3 is 15.4 Å². The predicted molar refractivity (Wildman–Crippen MR) is 106 cm³/mol. The lowest BCUT2D eigenvalue weighted by molar-refractivity contribution is 0.415. The number of hydrogen-bond donors (Lipinski definition) is 2. The Balaban J connectivity index is 1.71. The van der Waals surface area contributed by atoms with E-state index in [-0.39, 0.29) is 5.82 Å². The van der Waals surface area contributed by atoms with Gasteiger partial charge in [0.2, 0.25) is 5.95 Å². The van der Waals surface area contributed by atoms with Gasteiger partial charge in [-0.15, -0.1) is 0 Å². The van der Waals surface area contributed by atoms with Crippen LogP contribution >= 0.6 is 11.6 Å². The molecule has 0 amide bonds. The normalized spacial score (nSPS) is 10.7. The summed E-state index contributed by atoms with van der Waals surface area (Å²) in [5.41, 5.74) is 2.24. The second-order valence-corrected chi connectivity index (χ2v) is 6.14. The average molecular weight is 397 g/mol. The third kappa shape index (κ3) is 3.77. The Hall–Kier alpha value is -3.52. The van der Waals surface area contributed by atoms with Crippen LogP contribution in [0.3, 0.4) is 0 Å². The fourth-order valence-electron chi connectivity index (χ4n) is 2.55. The van der Waals surface area contributed by atoms with Crippen molar-refractivity contribution in [2.75, 3.05) is 17.7 Å². The topological polar surface area (TPSA) is 84.9 Å². The maximum absolute atomic E-state index is 13.2. The van der Waals surface area contributed by atoms with Gasteiger partial charge in [0.25, 0.3) is 0 Å². The number of aromatic nitrogens is 4. The predicted octanol–water partition coefficient (Wildman–Crippen LogP) is 4.71. The van der Waals surface area contributed by atoms with Gasteiger partial charge in [-0.25, -0.2) is 14.4 Å². The van der Waals surface area contributed by atoms with Gasteiger partial charge in [-0.1, -0.05) is 11.6 Å². The van der Waals surface area contributed by atoms with Gasteiger partial charge in [-0.3, -0.25) is 0 Å². The zero-order valence-electron chi connectivity index (χ0n) is 14.6. The third-order valence-electron chi connectivity index (χ3n) is 3.85. The van der Waals surface area contributed by atoms with Crippen molar-refractivity contribution in [3.8, 4) is 5.75 Å². The summed E-state index contributed by atoms with van der Waals surface area (Å²) in [4.78, 5) is 17.4. The van der Waals surface area contributed by atoms with Gasteiger partial charge >= 0.3 is 0 Å². The molecule has 2 heterocycles. The highest BCUT2D eigenvalue weighted by Gasteiger charge is 2.11. The van der Waals surface area contributed by atoms with Crippen LogP contribution in [0.15, 0.2) is 54.9 Å². The van der Waals surface area contributed by atoms with Gasteiger partial charge in [-0.2, -0.15) is 9.97 Å². The Labute approximate surface area is 164 Å². The molecule has 0 saturated carbocycles. The molecule has 28 heavy (non-hydrogen) atoms. The van der Waals surface area contributed by atoms with Crippen molar-refractivity contribution < 1.29 is 9.13 Å². The Morgan fingerprint density at radius 2 is 1.68 bits per heavy atom. The van der Waals surface area contributed by atoms with Crippen LogP contribution in [0.2, 0.25) is 5.02 Å². The lowest BCUT2D eigenvalue weighted by atomic mass is 10.3. The van der Waals surface area contributed by atoms with Crippen molar-refractivity contribution in [2.45, 2.75) is 0 Å². The van der Waals surface area contributed by atoms with Crippen LogP contribution in [0, 0.1) is 5.82 Å². The van der Waals surface area contributed by atoms with E-state index < -0.39 is 0 Å². The Morgan fingerprint density at radius 1 is 0.929 bits per heavy atom. The summed E-state index contributed by atoms with van der Waals surface area (Å²) in [5, 5.41) is 6.67. The van der Waals surface area contributed by atoms with Gasteiger partial charge in [0, 0.05) is 23.8 Å². The molecule has 140 valence electrons. The van der Waals surface area contributed by atoms with Crippen molar-refractivity contribution >= 4 is 45.9 Å². The average Bonchev–Trinajstić information content (AvgIpc) is 2.70. The number of ether oxygens (including phenoxy) is 1. The summed E-state index contributed by atoms with van der Waals surface area (Å²) < 4.78 is 18.3. The lowest BCUT2D eigenvalue weighted by Crippen LogP contribution is -2.04. The quantitative estimate of drug-likeness (QED) is 0.505. The van der Waals surface area contributed by atoms with Crippen LogP contribution in [0.1, 0.15) is 0 Å². The zero-order chi connectivity index (χ0) is 19.5. The standard InChI is InChI=1S/C19H14ClFN6O/c1-28-15-7-6-13(10-14(15)20)25-19-26-17-16(22-8-9-23-17)18(27-19)24-12-4-2-11(21)3-5-12/h2-10H,1H3,(H2,23,24,25,26,27). The molecule has 0 radical (unpaired) electrons. The van der Waals surface area contributed by atoms with Crippen LogP contribution in [0.4, 0.5) is 27.5 Å². The molecule has 9 heteroatoms. The molecule has 0 aliphatic heterocycles. The van der Waals surface area contributed by atoms with E-state index >= 15 is 0 Å². The smallest absolute Gasteiger partial charge is 0.231 e. The van der Waals surface area contributed by atoms with Crippen LogP contribution in [0.25, 0.3) is 11.2 Å². The molecule has 2 N–H and O–H groups in total. The van der Waals surface area contributed by atoms with E-state index in [1.165, 1.54) is 12.1 Å². The fourth-order valence-corrected chi connectivity index (χ4v) is 2.81. The Bertz CT molecular complexity index is 1140. The van der Waals surface area contributed by atoms with Crippen molar-refractivity contribution in [3.05, 3.63) is 65.7 Å². The number of nitrogens with one attached hydrogen (secondary N) is 2. The van der Waals surface area contributed by atoms with Gasteiger partial charge in [0.15, 0.2) is 17.0 Å². The van der Waals surface area contributed by atoms with Crippen LogP contribution in [-0.4, -0.2) is 27.0 Å². The molecular formula is C19H14ClFN6O. The van der Waals surface area contributed by atoms with Gasteiger partial charge in [-0.05, 0) is 42.5 Å². The summed E-state index contributed by atoms with van der Waals surface area (Å²) in [6.45, 7) is 0. The highest BCUT2D eigenvalue weighted by molar-refractivity contribution is 6.32. The summed E-state index contributed by atoms with van der Waals surface area (Å²) >= 11 is 6.17. The zero-order valence-corrected chi connectivity index (χ0v) is 15.4. The van der Waals surface area contributed by atoms with E-state index in [1.54, 1.807) is 49.8 Å². The summed E-state index contributed by atoms with van der Waals surface area (Å²) in [6, 6.07) is 11.2. The molecule has 0 bridgehead atoms. The molecule has 4 rings (SSSR count).